The Labute approximate surface area is 198 Å². The molecule has 0 unspecified atom stereocenters. The molecule has 1 aliphatic heterocycles. The maximum absolute atomic E-state index is 6.57. The SMILES string of the molecule is CCCCc1c(B2OC(C)(C)C(C)(C)O2)c(OC)c2ccccc2c1OCc1ccccc1. The van der Waals surface area contributed by atoms with Gasteiger partial charge < -0.3 is 18.8 Å². The van der Waals surface area contributed by atoms with Gasteiger partial charge in [-0.25, -0.2) is 0 Å². The lowest BCUT2D eigenvalue weighted by atomic mass is 9.72. The van der Waals surface area contributed by atoms with Crippen LogP contribution >= 0.6 is 0 Å². The number of rotatable bonds is 8. The summed E-state index contributed by atoms with van der Waals surface area (Å²) in [6.07, 6.45) is 2.98. The predicted octanol–water partition coefficient (Wildman–Crippen LogP) is 6.07. The lowest BCUT2D eigenvalue weighted by Crippen LogP contribution is -2.41. The summed E-state index contributed by atoms with van der Waals surface area (Å²) in [4.78, 5) is 0. The van der Waals surface area contributed by atoms with E-state index < -0.39 is 18.3 Å². The van der Waals surface area contributed by atoms with Crippen LogP contribution in [0, 0.1) is 0 Å². The van der Waals surface area contributed by atoms with E-state index in [1.54, 1.807) is 7.11 Å². The Kier molecular flexibility index (Phi) is 6.74. The van der Waals surface area contributed by atoms with E-state index in [2.05, 4.69) is 65.0 Å². The van der Waals surface area contributed by atoms with Crippen molar-refractivity contribution >= 4 is 23.4 Å². The molecule has 0 atom stereocenters. The molecule has 0 aliphatic carbocycles. The Morgan fingerprint density at radius 1 is 0.818 bits per heavy atom. The molecule has 1 fully saturated rings. The molecule has 5 heteroatoms. The number of methoxy groups -OCH3 is 1. The highest BCUT2D eigenvalue weighted by Crippen LogP contribution is 2.42. The second kappa shape index (κ2) is 9.40. The molecule has 174 valence electrons. The monoisotopic (exact) mass is 446 g/mol. The van der Waals surface area contributed by atoms with Gasteiger partial charge in [-0.05, 0) is 51.7 Å². The van der Waals surface area contributed by atoms with Crippen molar-refractivity contribution in [3.8, 4) is 11.5 Å². The molecule has 1 saturated heterocycles. The maximum Gasteiger partial charge on any atom is 0.499 e. The maximum atomic E-state index is 6.57. The molecule has 4 nitrogen and oxygen atoms in total. The van der Waals surface area contributed by atoms with Crippen molar-refractivity contribution in [1.29, 1.82) is 0 Å². The third-order valence-electron chi connectivity index (χ3n) is 6.96. The summed E-state index contributed by atoms with van der Waals surface area (Å²) < 4.78 is 25.6. The fraction of sp³-hybridized carbons (Fsp3) is 0.429. The Morgan fingerprint density at radius 2 is 1.39 bits per heavy atom. The van der Waals surface area contributed by atoms with Gasteiger partial charge in [0.1, 0.15) is 18.1 Å². The van der Waals surface area contributed by atoms with Gasteiger partial charge in [0.25, 0.3) is 0 Å². The highest BCUT2D eigenvalue weighted by molar-refractivity contribution is 6.64. The molecule has 0 amide bonds. The Balaban J connectivity index is 1.91. The average molecular weight is 446 g/mol. The topological polar surface area (TPSA) is 36.9 Å². The molecular weight excluding hydrogens is 411 g/mol. The molecule has 1 heterocycles. The molecule has 0 radical (unpaired) electrons. The number of ether oxygens (including phenoxy) is 2. The molecule has 0 saturated carbocycles. The normalized spacial score (nSPS) is 16.8. The van der Waals surface area contributed by atoms with Crippen molar-refractivity contribution in [2.24, 2.45) is 0 Å². The van der Waals surface area contributed by atoms with E-state index in [4.69, 9.17) is 18.8 Å². The minimum Gasteiger partial charge on any atom is -0.496 e. The molecule has 0 bridgehead atoms. The Hall–Kier alpha value is -2.50. The fourth-order valence-corrected chi connectivity index (χ4v) is 4.37. The number of hydrogen-bond acceptors (Lipinski definition) is 4. The molecule has 33 heavy (non-hydrogen) atoms. The van der Waals surface area contributed by atoms with E-state index in [-0.39, 0.29) is 0 Å². The highest BCUT2D eigenvalue weighted by Gasteiger charge is 2.53. The van der Waals surface area contributed by atoms with Crippen LogP contribution in [0.3, 0.4) is 0 Å². The van der Waals surface area contributed by atoms with E-state index in [9.17, 15) is 0 Å². The van der Waals surface area contributed by atoms with Crippen LogP contribution in [0.15, 0.2) is 54.6 Å². The van der Waals surface area contributed by atoms with Crippen LogP contribution in [0.4, 0.5) is 0 Å². The summed E-state index contributed by atoms with van der Waals surface area (Å²) in [7, 11) is 1.20. The van der Waals surface area contributed by atoms with Crippen LogP contribution in [-0.2, 0) is 22.3 Å². The standard InChI is InChI=1S/C28H35BO4/c1-7-8-16-23-24(29-32-27(2,3)28(4,5)33-29)26(30-6)22-18-13-12-17-21(22)25(23)31-19-20-14-10-9-11-15-20/h9-15,17-18H,7-8,16,19H2,1-6H3. The molecule has 1 aliphatic rings. The minimum absolute atomic E-state index is 0.443. The number of hydrogen-bond donors (Lipinski definition) is 0. The predicted molar refractivity (Wildman–Crippen MR) is 136 cm³/mol. The van der Waals surface area contributed by atoms with Gasteiger partial charge in [0.15, 0.2) is 0 Å². The second-order valence-electron chi connectivity index (χ2n) is 9.77. The zero-order valence-corrected chi connectivity index (χ0v) is 20.7. The number of benzene rings is 3. The molecule has 3 aromatic carbocycles. The van der Waals surface area contributed by atoms with Gasteiger partial charge in [0.05, 0.1) is 18.3 Å². The summed E-state index contributed by atoms with van der Waals surface area (Å²) in [6.45, 7) is 11.0. The van der Waals surface area contributed by atoms with Crippen molar-refractivity contribution in [2.45, 2.75) is 71.7 Å². The Bertz CT molecular complexity index is 1090. The van der Waals surface area contributed by atoms with Gasteiger partial charge in [-0.15, -0.1) is 0 Å². The minimum atomic E-state index is -0.527. The van der Waals surface area contributed by atoms with Crippen molar-refractivity contribution in [3.05, 3.63) is 65.7 Å². The van der Waals surface area contributed by atoms with E-state index >= 15 is 0 Å². The summed E-state index contributed by atoms with van der Waals surface area (Å²) >= 11 is 0. The van der Waals surface area contributed by atoms with Gasteiger partial charge in [-0.3, -0.25) is 0 Å². The van der Waals surface area contributed by atoms with Crippen LogP contribution in [0.5, 0.6) is 11.5 Å². The smallest absolute Gasteiger partial charge is 0.496 e. The molecule has 0 N–H and O–H groups in total. The third-order valence-corrected chi connectivity index (χ3v) is 6.96. The van der Waals surface area contributed by atoms with E-state index in [0.717, 1.165) is 58.1 Å². The van der Waals surface area contributed by atoms with Crippen molar-refractivity contribution in [2.75, 3.05) is 7.11 Å². The zero-order valence-electron chi connectivity index (χ0n) is 20.7. The third kappa shape index (κ3) is 4.49. The first-order chi connectivity index (χ1) is 15.8. The summed E-state index contributed by atoms with van der Waals surface area (Å²) in [5, 5.41) is 2.06. The first-order valence-corrected chi connectivity index (χ1v) is 11.9. The van der Waals surface area contributed by atoms with Crippen LogP contribution < -0.4 is 14.9 Å². The van der Waals surface area contributed by atoms with Crippen LogP contribution in [-0.4, -0.2) is 25.4 Å². The van der Waals surface area contributed by atoms with Crippen molar-refractivity contribution in [1.82, 2.24) is 0 Å². The first-order valence-electron chi connectivity index (χ1n) is 11.9. The zero-order chi connectivity index (χ0) is 23.6. The average Bonchev–Trinajstić information content (AvgIpc) is 3.02. The first kappa shape index (κ1) is 23.7. The highest BCUT2D eigenvalue weighted by atomic mass is 16.7. The van der Waals surface area contributed by atoms with Crippen molar-refractivity contribution in [3.63, 3.8) is 0 Å². The van der Waals surface area contributed by atoms with E-state index in [0.29, 0.717) is 6.61 Å². The molecule has 0 spiro atoms. The van der Waals surface area contributed by atoms with Crippen LogP contribution in [0.2, 0.25) is 0 Å². The largest absolute Gasteiger partial charge is 0.499 e. The van der Waals surface area contributed by atoms with Crippen LogP contribution in [0.25, 0.3) is 10.8 Å². The van der Waals surface area contributed by atoms with Gasteiger partial charge >= 0.3 is 7.12 Å². The quantitative estimate of drug-likeness (QED) is 0.394. The van der Waals surface area contributed by atoms with Gasteiger partial charge in [-0.1, -0.05) is 67.9 Å². The van der Waals surface area contributed by atoms with E-state index in [1.165, 1.54) is 0 Å². The van der Waals surface area contributed by atoms with Gasteiger partial charge in [0, 0.05) is 16.2 Å². The summed E-state index contributed by atoms with van der Waals surface area (Å²) in [6, 6.07) is 18.6. The van der Waals surface area contributed by atoms with Gasteiger partial charge in [0.2, 0.25) is 0 Å². The number of unbranched alkanes of at least 4 members (excludes halogenated alkanes) is 1. The lowest BCUT2D eigenvalue weighted by Gasteiger charge is -2.32. The molecule has 0 aromatic heterocycles. The number of fused-ring (bicyclic) bond motifs is 1. The Morgan fingerprint density at radius 3 is 1.97 bits per heavy atom. The van der Waals surface area contributed by atoms with Gasteiger partial charge in [-0.2, -0.15) is 0 Å². The summed E-state index contributed by atoms with van der Waals surface area (Å²) in [5.74, 6) is 1.70. The summed E-state index contributed by atoms with van der Waals surface area (Å²) in [5.41, 5.74) is 2.31. The molecule has 3 aromatic rings. The second-order valence-corrected chi connectivity index (χ2v) is 9.77. The molecule has 4 rings (SSSR count). The van der Waals surface area contributed by atoms with E-state index in [1.807, 2.05) is 24.3 Å². The molecular formula is C28H35BO4. The van der Waals surface area contributed by atoms with Crippen molar-refractivity contribution < 1.29 is 18.8 Å². The van der Waals surface area contributed by atoms with Crippen LogP contribution in [0.1, 0.15) is 58.6 Å². The lowest BCUT2D eigenvalue weighted by molar-refractivity contribution is 0.00578. The fourth-order valence-electron chi connectivity index (χ4n) is 4.37.